The first-order valence-electron chi connectivity index (χ1n) is 7.62. The number of nitrogens with one attached hydrogen (secondary N) is 1. The number of carbonyl (C=O) groups excluding carboxylic acids is 1. The molecule has 1 heterocycles. The highest BCUT2D eigenvalue weighted by Crippen LogP contribution is 2.36. The predicted octanol–water partition coefficient (Wildman–Crippen LogP) is 2.12. The van der Waals surface area contributed by atoms with Crippen LogP contribution in [0.25, 0.3) is 11.4 Å². The summed E-state index contributed by atoms with van der Waals surface area (Å²) >= 11 is 1.68. The lowest BCUT2D eigenvalue weighted by molar-refractivity contribution is -0.117. The third kappa shape index (κ3) is 4.46. The first-order valence-corrected chi connectivity index (χ1v) is 9.02. The Balaban J connectivity index is 0.00000208. The molecule has 3 rings (SSSR count). The van der Waals surface area contributed by atoms with E-state index in [4.69, 9.17) is 5.73 Å². The first-order chi connectivity index (χ1) is 11.2. The van der Waals surface area contributed by atoms with E-state index in [-0.39, 0.29) is 18.3 Å². The summed E-state index contributed by atoms with van der Waals surface area (Å²) in [6.45, 7) is 0. The second-order valence-corrected chi connectivity index (χ2v) is 6.62. The van der Waals surface area contributed by atoms with Crippen LogP contribution in [0.5, 0.6) is 0 Å². The lowest BCUT2D eigenvalue weighted by Gasteiger charge is -2.12. The van der Waals surface area contributed by atoms with E-state index in [1.807, 2.05) is 35.2 Å². The summed E-state index contributed by atoms with van der Waals surface area (Å²) in [7, 11) is 0. The summed E-state index contributed by atoms with van der Waals surface area (Å²) in [5.74, 6) is 1.43. The van der Waals surface area contributed by atoms with Crippen molar-refractivity contribution in [3.63, 3.8) is 0 Å². The van der Waals surface area contributed by atoms with E-state index in [0.29, 0.717) is 18.2 Å². The van der Waals surface area contributed by atoms with Crippen molar-refractivity contribution in [2.24, 2.45) is 5.73 Å². The maximum atomic E-state index is 12.1. The number of nitrogens with zero attached hydrogens (tertiary/aromatic N) is 4. The van der Waals surface area contributed by atoms with Gasteiger partial charge in [0.15, 0.2) is 5.82 Å². The highest BCUT2D eigenvalue weighted by Gasteiger charge is 2.28. The topological polar surface area (TPSA) is 98.7 Å². The number of nitrogens with two attached hydrogens (primary N) is 1. The van der Waals surface area contributed by atoms with E-state index in [1.165, 1.54) is 0 Å². The van der Waals surface area contributed by atoms with Crippen LogP contribution in [0.3, 0.4) is 0 Å². The molecule has 1 atom stereocenters. The molecule has 1 fully saturated rings. The van der Waals surface area contributed by atoms with Gasteiger partial charge in [-0.25, -0.2) is 4.68 Å². The normalized spacial score (nSPS) is 14.8. The molecule has 3 N–H and O–H groups in total. The van der Waals surface area contributed by atoms with Crippen molar-refractivity contribution in [3.8, 4) is 11.4 Å². The van der Waals surface area contributed by atoms with Gasteiger partial charge in [0.1, 0.15) is 0 Å². The van der Waals surface area contributed by atoms with E-state index in [1.54, 1.807) is 11.8 Å². The molecule has 0 aliphatic heterocycles. The van der Waals surface area contributed by atoms with Crippen LogP contribution in [0.4, 0.5) is 5.69 Å². The molecule has 1 saturated carbocycles. The lowest BCUT2D eigenvalue weighted by Crippen LogP contribution is -2.36. The van der Waals surface area contributed by atoms with E-state index >= 15 is 0 Å². The summed E-state index contributed by atoms with van der Waals surface area (Å²) < 4.78 is 1.85. The molecule has 1 amide bonds. The van der Waals surface area contributed by atoms with Crippen molar-refractivity contribution < 1.29 is 4.79 Å². The van der Waals surface area contributed by atoms with Crippen LogP contribution in [0.1, 0.15) is 25.3 Å². The molecule has 0 radical (unpaired) electrons. The number of thioether (sulfide) groups is 1. The van der Waals surface area contributed by atoms with Gasteiger partial charge >= 0.3 is 0 Å². The molecule has 1 aliphatic rings. The van der Waals surface area contributed by atoms with Crippen molar-refractivity contribution in [2.45, 2.75) is 31.3 Å². The minimum absolute atomic E-state index is 0. The van der Waals surface area contributed by atoms with Crippen molar-refractivity contribution in [3.05, 3.63) is 24.3 Å². The molecular formula is C15H21ClN6OS. The summed E-state index contributed by atoms with van der Waals surface area (Å²) in [5, 5.41) is 14.8. The fourth-order valence-corrected chi connectivity index (χ4v) is 2.79. The fraction of sp³-hybridized carbons (Fsp3) is 0.467. The number of hydrogen-bond acceptors (Lipinski definition) is 6. The summed E-state index contributed by atoms with van der Waals surface area (Å²) in [5.41, 5.74) is 7.49. The van der Waals surface area contributed by atoms with Gasteiger partial charge in [-0.1, -0.05) is 12.1 Å². The van der Waals surface area contributed by atoms with Crippen LogP contribution in [0.15, 0.2) is 24.3 Å². The second kappa shape index (κ2) is 8.46. The van der Waals surface area contributed by atoms with Gasteiger partial charge in [0.25, 0.3) is 0 Å². The summed E-state index contributed by atoms with van der Waals surface area (Å²) in [6, 6.07) is 7.44. The van der Waals surface area contributed by atoms with Crippen LogP contribution in [0.2, 0.25) is 0 Å². The number of rotatable bonds is 7. The number of aromatic nitrogens is 4. The minimum atomic E-state index is -0.497. The van der Waals surface area contributed by atoms with Crippen molar-refractivity contribution in [1.29, 1.82) is 0 Å². The molecule has 0 saturated heterocycles. The molecule has 130 valence electrons. The molecule has 9 heteroatoms. The van der Waals surface area contributed by atoms with Gasteiger partial charge in [0.2, 0.25) is 5.91 Å². The largest absolute Gasteiger partial charge is 0.325 e. The molecule has 2 aromatic rings. The van der Waals surface area contributed by atoms with Gasteiger partial charge in [-0.15, -0.1) is 17.5 Å². The van der Waals surface area contributed by atoms with Gasteiger partial charge in [-0.3, -0.25) is 4.79 Å². The summed E-state index contributed by atoms with van der Waals surface area (Å²) in [6.07, 6.45) is 4.88. The molecule has 7 nitrogen and oxygen atoms in total. The van der Waals surface area contributed by atoms with Crippen LogP contribution in [0, 0.1) is 0 Å². The van der Waals surface area contributed by atoms with Crippen LogP contribution in [-0.4, -0.2) is 44.2 Å². The number of carbonyl (C=O) groups is 1. The molecule has 0 spiro atoms. The molecule has 1 aromatic heterocycles. The average molecular weight is 369 g/mol. The Morgan fingerprint density at radius 2 is 2.29 bits per heavy atom. The highest BCUT2D eigenvalue weighted by atomic mass is 35.5. The zero-order valence-electron chi connectivity index (χ0n) is 13.4. The number of anilines is 1. The molecular weight excluding hydrogens is 348 g/mol. The first kappa shape index (κ1) is 18.7. The van der Waals surface area contributed by atoms with Crippen molar-refractivity contribution >= 4 is 35.8 Å². The Morgan fingerprint density at radius 1 is 1.50 bits per heavy atom. The molecule has 1 aliphatic carbocycles. The molecule has 0 bridgehead atoms. The lowest BCUT2D eigenvalue weighted by atomic mass is 10.1. The van der Waals surface area contributed by atoms with Gasteiger partial charge < -0.3 is 11.1 Å². The monoisotopic (exact) mass is 368 g/mol. The average Bonchev–Trinajstić information content (AvgIpc) is 3.29. The number of amides is 1. The standard InChI is InChI=1S/C15H20N6OS.ClH/c1-23-8-7-13(16)15(22)17-11-4-2-3-10(9-11)14-18-19-20-21(14)12-5-6-12;/h2-4,9,12-13H,5-8,16H2,1H3,(H,17,22);1H/t13-;/m0./s1. The van der Waals surface area contributed by atoms with E-state index in [9.17, 15) is 4.79 Å². The Morgan fingerprint density at radius 3 is 3.00 bits per heavy atom. The Kier molecular flexibility index (Phi) is 6.59. The Hall–Kier alpha value is -1.64. The highest BCUT2D eigenvalue weighted by molar-refractivity contribution is 7.98. The zero-order chi connectivity index (χ0) is 16.2. The molecule has 24 heavy (non-hydrogen) atoms. The van der Waals surface area contributed by atoms with Gasteiger partial charge in [-0.2, -0.15) is 11.8 Å². The summed E-state index contributed by atoms with van der Waals surface area (Å²) in [4.78, 5) is 12.1. The van der Waals surface area contributed by atoms with Crippen molar-refractivity contribution in [1.82, 2.24) is 20.2 Å². The number of benzene rings is 1. The van der Waals surface area contributed by atoms with Gasteiger partial charge in [0, 0.05) is 11.3 Å². The quantitative estimate of drug-likeness (QED) is 0.776. The number of hydrogen-bond donors (Lipinski definition) is 2. The van der Waals surface area contributed by atoms with Crippen molar-refractivity contribution in [2.75, 3.05) is 17.3 Å². The van der Waals surface area contributed by atoms with Gasteiger partial charge in [-0.05, 0) is 53.8 Å². The van der Waals surface area contributed by atoms with E-state index < -0.39 is 6.04 Å². The van der Waals surface area contributed by atoms with E-state index in [2.05, 4.69) is 20.8 Å². The van der Waals surface area contributed by atoms with E-state index in [0.717, 1.165) is 30.0 Å². The van der Waals surface area contributed by atoms with Gasteiger partial charge in [0.05, 0.1) is 12.1 Å². The smallest absolute Gasteiger partial charge is 0.241 e. The third-order valence-corrected chi connectivity index (χ3v) is 4.39. The SMILES string of the molecule is CSCC[C@H](N)C(=O)Nc1cccc(-c2nnnn2C2CC2)c1.Cl. The number of tetrazole rings is 1. The predicted molar refractivity (Wildman–Crippen MR) is 98.4 cm³/mol. The Bertz CT molecular complexity index is 690. The fourth-order valence-electron chi connectivity index (χ4n) is 2.30. The minimum Gasteiger partial charge on any atom is -0.325 e. The maximum absolute atomic E-state index is 12.1. The number of halogens is 1. The van der Waals surface area contributed by atoms with Crippen LogP contribution >= 0.6 is 24.2 Å². The molecule has 0 unspecified atom stereocenters. The van der Waals surface area contributed by atoms with Crippen LogP contribution < -0.4 is 11.1 Å². The molecule has 1 aromatic carbocycles. The maximum Gasteiger partial charge on any atom is 0.241 e. The third-order valence-electron chi connectivity index (χ3n) is 3.74. The second-order valence-electron chi connectivity index (χ2n) is 5.64. The van der Waals surface area contributed by atoms with Crippen LogP contribution in [-0.2, 0) is 4.79 Å². The zero-order valence-corrected chi connectivity index (χ0v) is 15.0. The Labute approximate surface area is 151 Å².